The lowest BCUT2D eigenvalue weighted by Gasteiger charge is -2.39. The van der Waals surface area contributed by atoms with Crippen molar-refractivity contribution < 1.29 is 24.1 Å². The Kier molecular flexibility index (Phi) is 6.99. The number of morpholine rings is 1. The Morgan fingerprint density at radius 1 is 1.12 bits per heavy atom. The quantitative estimate of drug-likeness (QED) is 0.576. The molecule has 180 valence electrons. The molecular formula is C28H33NO5. The van der Waals surface area contributed by atoms with Gasteiger partial charge in [-0.25, -0.2) is 0 Å². The lowest BCUT2D eigenvalue weighted by molar-refractivity contribution is -0.171. The van der Waals surface area contributed by atoms with Crippen LogP contribution in [0.3, 0.4) is 0 Å². The largest absolute Gasteiger partial charge is 0.459 e. The zero-order valence-electron chi connectivity index (χ0n) is 19.7. The summed E-state index contributed by atoms with van der Waals surface area (Å²) in [6, 6.07) is 15.0. The van der Waals surface area contributed by atoms with Crippen LogP contribution in [0.2, 0.25) is 0 Å². The van der Waals surface area contributed by atoms with Gasteiger partial charge in [0.2, 0.25) is 6.29 Å². The van der Waals surface area contributed by atoms with Crippen molar-refractivity contribution in [3.05, 3.63) is 71.0 Å². The van der Waals surface area contributed by atoms with Crippen molar-refractivity contribution in [2.75, 3.05) is 39.5 Å². The number of allylic oxidation sites excluding steroid dienone is 1. The van der Waals surface area contributed by atoms with E-state index in [1.165, 1.54) is 27.8 Å². The maximum atomic E-state index is 13.4. The van der Waals surface area contributed by atoms with Crippen molar-refractivity contribution in [3.8, 4) is 11.1 Å². The normalized spacial score (nSPS) is 23.6. The molecule has 3 aliphatic rings. The van der Waals surface area contributed by atoms with E-state index in [0.717, 1.165) is 12.8 Å². The molecule has 5 rings (SSSR count). The van der Waals surface area contributed by atoms with Crippen LogP contribution in [0.4, 0.5) is 0 Å². The summed E-state index contributed by atoms with van der Waals surface area (Å²) in [5, 5.41) is 9.58. The summed E-state index contributed by atoms with van der Waals surface area (Å²) < 4.78 is 17.7. The lowest BCUT2D eigenvalue weighted by atomic mass is 9.78. The van der Waals surface area contributed by atoms with Crippen molar-refractivity contribution in [3.63, 3.8) is 0 Å². The zero-order valence-corrected chi connectivity index (χ0v) is 19.7. The first-order valence-corrected chi connectivity index (χ1v) is 12.4. The van der Waals surface area contributed by atoms with Crippen molar-refractivity contribution >= 4 is 5.91 Å². The Morgan fingerprint density at radius 2 is 1.91 bits per heavy atom. The molecule has 34 heavy (non-hydrogen) atoms. The first kappa shape index (κ1) is 23.1. The molecule has 2 heterocycles. The van der Waals surface area contributed by atoms with Gasteiger partial charge in [-0.2, -0.15) is 0 Å². The molecule has 1 fully saturated rings. The van der Waals surface area contributed by atoms with Crippen LogP contribution in [-0.4, -0.2) is 61.7 Å². The van der Waals surface area contributed by atoms with Crippen LogP contribution in [0.15, 0.2) is 54.3 Å². The Hall–Kier alpha value is -2.67. The molecule has 2 aliphatic heterocycles. The van der Waals surface area contributed by atoms with Crippen LogP contribution in [0.5, 0.6) is 0 Å². The van der Waals surface area contributed by atoms with Gasteiger partial charge < -0.3 is 24.2 Å². The average Bonchev–Trinajstić information content (AvgIpc) is 3.27. The molecular weight excluding hydrogens is 430 g/mol. The second-order valence-corrected chi connectivity index (χ2v) is 9.14. The number of aliphatic hydroxyl groups excluding tert-OH is 1. The van der Waals surface area contributed by atoms with Crippen LogP contribution in [0.25, 0.3) is 11.1 Å². The van der Waals surface area contributed by atoms with Crippen molar-refractivity contribution in [2.24, 2.45) is 5.92 Å². The SMILES string of the molecule is CCO[C@@H]1OC(C(=O)N2CCOCC2)=C[C@H](c2cccc3c2Cc2ccccc2-3)[C@@H]1CCCO. The third-order valence-electron chi connectivity index (χ3n) is 7.17. The standard InChI is InChI=1S/C28H33NO5/c1-2-33-28-23(11-6-14-30)25(18-26(34-28)27(31)29-12-15-32-16-13-29)22-10-5-9-21-20-8-4-3-7-19(20)17-24(21)22/h3-5,7-10,18,23,25,28,30H,2,6,11-17H2,1H3/t23-,25+,28+/m0/s1. The number of benzene rings is 2. The van der Waals surface area contributed by atoms with E-state index in [1.54, 1.807) is 4.90 Å². The van der Waals surface area contributed by atoms with Crippen LogP contribution in [0, 0.1) is 5.92 Å². The van der Waals surface area contributed by atoms with Gasteiger partial charge in [-0.1, -0.05) is 42.5 Å². The smallest absolute Gasteiger partial charge is 0.288 e. The number of carbonyl (C=O) groups is 1. The fourth-order valence-electron chi connectivity index (χ4n) is 5.53. The van der Waals surface area contributed by atoms with Gasteiger partial charge in [0, 0.05) is 38.1 Å². The van der Waals surface area contributed by atoms with Gasteiger partial charge in [0.1, 0.15) is 0 Å². The third-order valence-corrected chi connectivity index (χ3v) is 7.17. The van der Waals surface area contributed by atoms with Gasteiger partial charge in [0.25, 0.3) is 5.91 Å². The van der Waals surface area contributed by atoms with Gasteiger partial charge in [-0.15, -0.1) is 0 Å². The summed E-state index contributed by atoms with van der Waals surface area (Å²) in [6.45, 7) is 4.76. The Morgan fingerprint density at radius 3 is 2.71 bits per heavy atom. The fourth-order valence-corrected chi connectivity index (χ4v) is 5.53. The minimum atomic E-state index is -0.536. The highest BCUT2D eigenvalue weighted by Gasteiger charge is 2.40. The maximum absolute atomic E-state index is 13.4. The molecule has 1 N–H and O–H groups in total. The molecule has 2 aromatic rings. The summed E-state index contributed by atoms with van der Waals surface area (Å²) in [5.41, 5.74) is 6.42. The van der Waals surface area contributed by atoms with E-state index in [9.17, 15) is 9.90 Å². The van der Waals surface area contributed by atoms with Crippen LogP contribution in [-0.2, 0) is 25.4 Å². The fraction of sp³-hybridized carbons (Fsp3) is 0.464. The number of fused-ring (bicyclic) bond motifs is 3. The van der Waals surface area contributed by atoms with Crippen molar-refractivity contribution in [2.45, 2.75) is 38.4 Å². The Balaban J connectivity index is 1.56. The van der Waals surface area contributed by atoms with Gasteiger partial charge in [-0.05, 0) is 60.1 Å². The number of nitrogens with zero attached hydrogens (tertiary/aromatic N) is 1. The maximum Gasteiger partial charge on any atom is 0.288 e. The molecule has 0 saturated carbocycles. The molecule has 2 aromatic carbocycles. The first-order chi connectivity index (χ1) is 16.7. The second kappa shape index (κ2) is 10.3. The van der Waals surface area contributed by atoms with E-state index >= 15 is 0 Å². The van der Waals surface area contributed by atoms with E-state index in [0.29, 0.717) is 45.1 Å². The number of rotatable bonds is 7. The highest BCUT2D eigenvalue weighted by molar-refractivity contribution is 5.92. The average molecular weight is 464 g/mol. The van der Waals surface area contributed by atoms with E-state index in [1.807, 2.05) is 13.0 Å². The molecule has 1 amide bonds. The molecule has 0 radical (unpaired) electrons. The zero-order chi connectivity index (χ0) is 23.5. The molecule has 6 heteroatoms. The van der Waals surface area contributed by atoms with Crippen LogP contribution >= 0.6 is 0 Å². The first-order valence-electron chi connectivity index (χ1n) is 12.4. The summed E-state index contributed by atoms with van der Waals surface area (Å²) in [6.07, 6.45) is 3.76. The minimum absolute atomic E-state index is 0.00329. The molecule has 0 aromatic heterocycles. The van der Waals surface area contributed by atoms with Crippen LogP contribution < -0.4 is 0 Å². The van der Waals surface area contributed by atoms with E-state index in [4.69, 9.17) is 14.2 Å². The monoisotopic (exact) mass is 463 g/mol. The van der Waals surface area contributed by atoms with E-state index < -0.39 is 6.29 Å². The summed E-state index contributed by atoms with van der Waals surface area (Å²) in [5.74, 6) is 0.220. The number of ether oxygens (including phenoxy) is 3. The van der Waals surface area contributed by atoms with Gasteiger partial charge in [-0.3, -0.25) is 4.79 Å². The predicted octanol–water partition coefficient (Wildman–Crippen LogP) is 3.87. The van der Waals surface area contributed by atoms with Crippen molar-refractivity contribution in [1.82, 2.24) is 4.90 Å². The van der Waals surface area contributed by atoms with Gasteiger partial charge in [0.15, 0.2) is 5.76 Å². The number of hydrogen-bond acceptors (Lipinski definition) is 5. The number of hydrogen-bond donors (Lipinski definition) is 1. The Labute approximate surface area is 201 Å². The van der Waals surface area contributed by atoms with E-state index in [-0.39, 0.29) is 24.3 Å². The molecule has 6 nitrogen and oxygen atoms in total. The second-order valence-electron chi connectivity index (χ2n) is 9.14. The molecule has 1 aliphatic carbocycles. The highest BCUT2D eigenvalue weighted by atomic mass is 16.7. The Bertz CT molecular complexity index is 1060. The summed E-state index contributed by atoms with van der Waals surface area (Å²) in [7, 11) is 0. The summed E-state index contributed by atoms with van der Waals surface area (Å²) >= 11 is 0. The molecule has 3 atom stereocenters. The topological polar surface area (TPSA) is 68.2 Å². The van der Waals surface area contributed by atoms with Gasteiger partial charge in [0.05, 0.1) is 13.2 Å². The molecule has 0 spiro atoms. The molecule has 1 saturated heterocycles. The lowest BCUT2D eigenvalue weighted by Crippen LogP contribution is -2.44. The highest BCUT2D eigenvalue weighted by Crippen LogP contribution is 2.46. The molecule has 0 unspecified atom stereocenters. The predicted molar refractivity (Wildman–Crippen MR) is 129 cm³/mol. The van der Waals surface area contributed by atoms with E-state index in [2.05, 4.69) is 42.5 Å². The molecule has 0 bridgehead atoms. The number of amides is 1. The third kappa shape index (κ3) is 4.38. The number of aliphatic hydroxyl groups is 1. The summed E-state index contributed by atoms with van der Waals surface area (Å²) in [4.78, 5) is 15.2. The van der Waals surface area contributed by atoms with Crippen LogP contribution in [0.1, 0.15) is 42.4 Å². The minimum Gasteiger partial charge on any atom is -0.459 e. The number of carbonyl (C=O) groups excluding carboxylic acids is 1. The van der Waals surface area contributed by atoms with Crippen molar-refractivity contribution in [1.29, 1.82) is 0 Å². The van der Waals surface area contributed by atoms with Gasteiger partial charge >= 0.3 is 0 Å².